The largest absolute Gasteiger partial charge is 0.401 e. The van der Waals surface area contributed by atoms with Gasteiger partial charge in [-0.2, -0.15) is 13.2 Å². The van der Waals surface area contributed by atoms with Gasteiger partial charge in [-0.25, -0.2) is 0 Å². The van der Waals surface area contributed by atoms with Gasteiger partial charge in [0.15, 0.2) is 0 Å². The van der Waals surface area contributed by atoms with E-state index in [2.05, 4.69) is 13.8 Å². The van der Waals surface area contributed by atoms with E-state index in [9.17, 15) is 18.3 Å². The minimum atomic E-state index is -4.18. The summed E-state index contributed by atoms with van der Waals surface area (Å²) in [4.78, 5) is 1.51. The Labute approximate surface area is 106 Å². The molecule has 5 heteroatoms. The molecule has 0 saturated heterocycles. The maximum atomic E-state index is 12.6. The topological polar surface area (TPSA) is 23.5 Å². The molecule has 0 aromatic heterocycles. The number of hydrogen-bond donors (Lipinski definition) is 1. The van der Waals surface area contributed by atoms with Gasteiger partial charge in [-0.3, -0.25) is 4.90 Å². The molecule has 0 aromatic carbocycles. The van der Waals surface area contributed by atoms with E-state index in [4.69, 9.17) is 0 Å². The molecule has 2 unspecified atom stereocenters. The van der Waals surface area contributed by atoms with Gasteiger partial charge >= 0.3 is 6.18 Å². The predicted molar refractivity (Wildman–Crippen MR) is 63.2 cm³/mol. The fraction of sp³-hybridized carbons (Fsp3) is 1.00. The average molecular weight is 265 g/mol. The van der Waals surface area contributed by atoms with Crippen molar-refractivity contribution in [2.75, 3.05) is 6.54 Å². The smallest absolute Gasteiger partial charge is 0.391 e. The molecule has 0 aromatic rings. The third-order valence-electron chi connectivity index (χ3n) is 4.13. The summed E-state index contributed by atoms with van der Waals surface area (Å²) in [6.07, 6.45) is -0.973. The van der Waals surface area contributed by atoms with Crippen molar-refractivity contribution in [1.29, 1.82) is 0 Å². The lowest BCUT2D eigenvalue weighted by Crippen LogP contribution is -2.52. The van der Waals surface area contributed by atoms with Crippen LogP contribution in [0.4, 0.5) is 13.2 Å². The Kier molecular flexibility index (Phi) is 3.67. The van der Waals surface area contributed by atoms with Crippen LogP contribution >= 0.6 is 0 Å². The van der Waals surface area contributed by atoms with Gasteiger partial charge in [-0.15, -0.1) is 0 Å². The van der Waals surface area contributed by atoms with Crippen molar-refractivity contribution in [3.63, 3.8) is 0 Å². The quantitative estimate of drug-likeness (QED) is 0.848. The summed E-state index contributed by atoms with van der Waals surface area (Å²) < 4.78 is 37.9. The zero-order chi connectivity index (χ0) is 13.6. The zero-order valence-electron chi connectivity index (χ0n) is 11.0. The first kappa shape index (κ1) is 14.1. The van der Waals surface area contributed by atoms with Gasteiger partial charge in [-0.1, -0.05) is 13.8 Å². The number of nitrogens with zero attached hydrogens (tertiary/aromatic N) is 1. The standard InChI is InChI=1S/C13H22F3NO/c1-12(2)6-5-11(18)10(7-12)17(9-3-4-9)8-13(14,15)16/h9-11,18H,3-8H2,1-2H3. The lowest BCUT2D eigenvalue weighted by atomic mass is 9.73. The van der Waals surface area contributed by atoms with Gasteiger partial charge in [0.2, 0.25) is 0 Å². The molecule has 0 spiro atoms. The summed E-state index contributed by atoms with van der Waals surface area (Å²) in [6, 6.07) is -0.303. The number of halogens is 3. The summed E-state index contributed by atoms with van der Waals surface area (Å²) in [5, 5.41) is 10.0. The molecule has 2 nitrogen and oxygen atoms in total. The van der Waals surface area contributed by atoms with Gasteiger partial charge in [0.25, 0.3) is 0 Å². The molecule has 2 rings (SSSR count). The summed E-state index contributed by atoms with van der Waals surface area (Å²) in [5.41, 5.74) is 0.0304. The first-order chi connectivity index (χ1) is 8.18. The third kappa shape index (κ3) is 3.60. The molecule has 18 heavy (non-hydrogen) atoms. The van der Waals surface area contributed by atoms with Crippen molar-refractivity contribution in [1.82, 2.24) is 4.90 Å². The molecule has 0 heterocycles. The van der Waals surface area contributed by atoms with Gasteiger partial charge in [-0.05, 0) is 37.5 Å². The van der Waals surface area contributed by atoms with Crippen LogP contribution in [0.25, 0.3) is 0 Å². The maximum Gasteiger partial charge on any atom is 0.401 e. The summed E-state index contributed by atoms with van der Waals surface area (Å²) in [6.45, 7) is 3.27. The lowest BCUT2D eigenvalue weighted by molar-refractivity contribution is -0.162. The Morgan fingerprint density at radius 2 is 1.83 bits per heavy atom. The van der Waals surface area contributed by atoms with Crippen LogP contribution in [0.3, 0.4) is 0 Å². The first-order valence-corrected chi connectivity index (χ1v) is 6.68. The molecule has 106 valence electrons. The van der Waals surface area contributed by atoms with E-state index in [0.717, 1.165) is 19.3 Å². The van der Waals surface area contributed by atoms with Crippen molar-refractivity contribution in [2.45, 2.75) is 70.3 Å². The molecule has 0 aliphatic heterocycles. The molecule has 0 radical (unpaired) electrons. The van der Waals surface area contributed by atoms with Crippen LogP contribution in [0.2, 0.25) is 0 Å². The second-order valence-corrected chi connectivity index (χ2v) is 6.56. The van der Waals surface area contributed by atoms with Crippen LogP contribution in [-0.2, 0) is 0 Å². The molecule has 2 aliphatic rings. The fourth-order valence-electron chi connectivity index (χ4n) is 3.00. The third-order valence-corrected chi connectivity index (χ3v) is 4.13. The van der Waals surface area contributed by atoms with Crippen molar-refractivity contribution >= 4 is 0 Å². The zero-order valence-corrected chi connectivity index (χ0v) is 11.0. The molecule has 1 N–H and O–H groups in total. The molecule has 2 fully saturated rings. The molecule has 0 bridgehead atoms. The number of hydrogen-bond acceptors (Lipinski definition) is 2. The molecule has 2 saturated carbocycles. The second kappa shape index (κ2) is 4.67. The minimum Gasteiger partial charge on any atom is -0.391 e. The Balaban J connectivity index is 2.08. The highest BCUT2D eigenvalue weighted by molar-refractivity contribution is 4.97. The van der Waals surface area contributed by atoms with Crippen LogP contribution in [0.15, 0.2) is 0 Å². The number of aliphatic hydroxyl groups is 1. The molecular weight excluding hydrogens is 243 g/mol. The molecule has 0 amide bonds. The second-order valence-electron chi connectivity index (χ2n) is 6.56. The minimum absolute atomic E-state index is 0.0279. The van der Waals surface area contributed by atoms with E-state index in [1.807, 2.05) is 0 Å². The maximum absolute atomic E-state index is 12.6. The van der Waals surface area contributed by atoms with Crippen LogP contribution < -0.4 is 0 Å². The lowest BCUT2D eigenvalue weighted by Gasteiger charge is -2.44. The van der Waals surface area contributed by atoms with Crippen LogP contribution in [0.5, 0.6) is 0 Å². The Bertz CT molecular complexity index is 297. The van der Waals surface area contributed by atoms with Gasteiger partial charge < -0.3 is 5.11 Å². The van der Waals surface area contributed by atoms with Crippen molar-refractivity contribution in [2.24, 2.45) is 5.41 Å². The molecular formula is C13H22F3NO. The predicted octanol–water partition coefficient (Wildman–Crippen LogP) is 2.95. The molecule has 2 aliphatic carbocycles. The van der Waals surface area contributed by atoms with Gasteiger partial charge in [0.1, 0.15) is 0 Å². The Morgan fingerprint density at radius 1 is 1.22 bits per heavy atom. The van der Waals surface area contributed by atoms with E-state index < -0.39 is 18.8 Å². The van der Waals surface area contributed by atoms with Crippen LogP contribution in [0.1, 0.15) is 46.0 Å². The number of alkyl halides is 3. The summed E-state index contributed by atoms with van der Waals surface area (Å²) >= 11 is 0. The number of rotatable bonds is 3. The van der Waals surface area contributed by atoms with Crippen molar-refractivity contribution in [3.05, 3.63) is 0 Å². The SMILES string of the molecule is CC1(C)CCC(O)C(N(CC(F)(F)F)C2CC2)C1. The van der Waals surface area contributed by atoms with Crippen LogP contribution in [-0.4, -0.2) is 40.9 Å². The van der Waals surface area contributed by atoms with E-state index in [1.165, 1.54) is 4.90 Å². The summed E-state index contributed by atoms with van der Waals surface area (Å²) in [5.74, 6) is 0. The Morgan fingerprint density at radius 3 is 2.33 bits per heavy atom. The van der Waals surface area contributed by atoms with Crippen LogP contribution in [0, 0.1) is 5.41 Å². The van der Waals surface area contributed by atoms with Gasteiger partial charge in [0, 0.05) is 12.1 Å². The normalized spacial score (nSPS) is 32.8. The van der Waals surface area contributed by atoms with Crippen molar-refractivity contribution in [3.8, 4) is 0 Å². The Hall–Kier alpha value is -0.290. The van der Waals surface area contributed by atoms with E-state index in [0.29, 0.717) is 12.8 Å². The van der Waals surface area contributed by atoms with Crippen molar-refractivity contribution < 1.29 is 18.3 Å². The number of aliphatic hydroxyl groups excluding tert-OH is 1. The first-order valence-electron chi connectivity index (χ1n) is 6.68. The van der Waals surface area contributed by atoms with E-state index >= 15 is 0 Å². The average Bonchev–Trinajstić information content (AvgIpc) is 3.01. The van der Waals surface area contributed by atoms with Gasteiger partial charge in [0.05, 0.1) is 12.6 Å². The molecule has 2 atom stereocenters. The fourth-order valence-corrected chi connectivity index (χ4v) is 3.00. The van der Waals surface area contributed by atoms with E-state index in [-0.39, 0.29) is 17.5 Å². The monoisotopic (exact) mass is 265 g/mol. The summed E-state index contributed by atoms with van der Waals surface area (Å²) in [7, 11) is 0. The highest BCUT2D eigenvalue weighted by Crippen LogP contribution is 2.42. The van der Waals surface area contributed by atoms with E-state index in [1.54, 1.807) is 0 Å². The highest BCUT2D eigenvalue weighted by Gasteiger charge is 2.46. The highest BCUT2D eigenvalue weighted by atomic mass is 19.4.